The van der Waals surface area contributed by atoms with Gasteiger partial charge in [-0.3, -0.25) is 9.59 Å². The molecule has 0 saturated carbocycles. The molecule has 7 heteroatoms. The van der Waals surface area contributed by atoms with E-state index in [2.05, 4.69) is 11.4 Å². The molecule has 2 heterocycles. The monoisotopic (exact) mass is 455 g/mol. The van der Waals surface area contributed by atoms with Crippen LogP contribution in [0.1, 0.15) is 48.0 Å². The molecule has 1 atom stereocenters. The molecule has 1 aromatic heterocycles. The first-order valence-electron chi connectivity index (χ1n) is 10.6. The second-order valence-corrected chi connectivity index (χ2v) is 9.82. The summed E-state index contributed by atoms with van der Waals surface area (Å²) in [6.07, 6.45) is 1.78. The van der Waals surface area contributed by atoms with E-state index in [1.54, 1.807) is 35.6 Å². The van der Waals surface area contributed by atoms with Crippen LogP contribution in [0.5, 0.6) is 0 Å². The quantitative estimate of drug-likeness (QED) is 0.581. The lowest BCUT2D eigenvalue weighted by Gasteiger charge is -2.35. The van der Waals surface area contributed by atoms with Gasteiger partial charge in [-0.1, -0.05) is 37.6 Å². The molecule has 1 N–H and O–H groups in total. The number of likely N-dealkylation sites (tertiary alicyclic amines) is 1. The minimum atomic E-state index is -0.554. The molecule has 0 spiro atoms. The summed E-state index contributed by atoms with van der Waals surface area (Å²) in [5, 5.41) is 4.66. The summed E-state index contributed by atoms with van der Waals surface area (Å²) in [5.74, 6) is 0.0986. The molecule has 3 aromatic rings. The lowest BCUT2D eigenvalue weighted by atomic mass is 9.95. The Morgan fingerprint density at radius 2 is 1.77 bits per heavy atom. The molecule has 0 bridgehead atoms. The van der Waals surface area contributed by atoms with Crippen LogP contribution in [0.4, 0.5) is 0 Å². The normalized spacial score (nSPS) is 15.9. The first-order chi connectivity index (χ1) is 14.9. The van der Waals surface area contributed by atoms with Gasteiger partial charge in [-0.05, 0) is 55.2 Å². The molecular weight excluding hydrogens is 430 g/mol. The molecule has 1 unspecified atom stereocenters. The molecule has 0 aliphatic carbocycles. The zero-order valence-electron chi connectivity index (χ0n) is 17.7. The fourth-order valence-electron chi connectivity index (χ4n) is 3.95. The molecule has 162 valence electrons. The molecule has 31 heavy (non-hydrogen) atoms. The Morgan fingerprint density at radius 3 is 2.42 bits per heavy atom. The third-order valence-electron chi connectivity index (χ3n) is 5.79. The molecule has 0 radical (unpaired) electrons. The van der Waals surface area contributed by atoms with Crippen LogP contribution >= 0.6 is 22.9 Å². The van der Waals surface area contributed by atoms with Crippen molar-refractivity contribution in [1.29, 1.82) is 0 Å². The molecule has 1 saturated heterocycles. The standard InChI is InChI=1S/C24H26ClN3O2S/c1-15(2)21(27-22(29)16-7-9-18(25)10-8-16)24(30)28-13-11-17(12-14-28)23-26-19-5-3-4-6-20(19)31-23/h3-10,15,17,21H,11-14H2,1-2H3,(H,27,29). The summed E-state index contributed by atoms with van der Waals surface area (Å²) < 4.78 is 1.21. The Kier molecular flexibility index (Phi) is 6.58. The number of benzene rings is 2. The molecule has 2 amide bonds. The van der Waals surface area contributed by atoms with E-state index in [1.165, 1.54) is 4.70 Å². The number of hydrogen-bond donors (Lipinski definition) is 1. The number of aromatic nitrogens is 1. The van der Waals surface area contributed by atoms with Gasteiger partial charge in [-0.2, -0.15) is 0 Å². The summed E-state index contributed by atoms with van der Waals surface area (Å²) >= 11 is 7.66. The van der Waals surface area contributed by atoms with E-state index in [4.69, 9.17) is 16.6 Å². The summed E-state index contributed by atoms with van der Waals surface area (Å²) in [5.41, 5.74) is 1.54. The van der Waals surface area contributed by atoms with Crippen LogP contribution in [0.3, 0.4) is 0 Å². The van der Waals surface area contributed by atoms with Gasteiger partial charge in [0.1, 0.15) is 6.04 Å². The third-order valence-corrected chi connectivity index (χ3v) is 7.24. The molecule has 2 aromatic carbocycles. The van der Waals surface area contributed by atoms with E-state index in [9.17, 15) is 9.59 Å². The zero-order valence-corrected chi connectivity index (χ0v) is 19.2. The molecule has 1 aliphatic heterocycles. The zero-order chi connectivity index (χ0) is 22.0. The molecule has 5 nitrogen and oxygen atoms in total. The van der Waals surface area contributed by atoms with Crippen molar-refractivity contribution in [3.8, 4) is 0 Å². The number of thiazole rings is 1. The number of halogens is 1. The van der Waals surface area contributed by atoms with E-state index in [0.29, 0.717) is 29.6 Å². The van der Waals surface area contributed by atoms with Crippen molar-refractivity contribution in [2.45, 2.75) is 38.6 Å². The van der Waals surface area contributed by atoms with Gasteiger partial charge in [0.2, 0.25) is 5.91 Å². The summed E-state index contributed by atoms with van der Waals surface area (Å²) in [6.45, 7) is 5.27. The van der Waals surface area contributed by atoms with Gasteiger partial charge in [-0.25, -0.2) is 4.98 Å². The topological polar surface area (TPSA) is 62.3 Å². The van der Waals surface area contributed by atoms with E-state index in [1.807, 2.05) is 36.9 Å². The Morgan fingerprint density at radius 1 is 1.10 bits per heavy atom. The van der Waals surface area contributed by atoms with Crippen LogP contribution in [-0.4, -0.2) is 40.8 Å². The largest absolute Gasteiger partial charge is 0.341 e. The van der Waals surface area contributed by atoms with Crippen molar-refractivity contribution in [3.63, 3.8) is 0 Å². The van der Waals surface area contributed by atoms with Gasteiger partial charge in [0, 0.05) is 29.6 Å². The van der Waals surface area contributed by atoms with E-state index in [0.717, 1.165) is 23.4 Å². The van der Waals surface area contributed by atoms with Gasteiger partial charge in [0.25, 0.3) is 5.91 Å². The maximum atomic E-state index is 13.2. The predicted octanol–water partition coefficient (Wildman–Crippen LogP) is 5.11. The Labute approximate surface area is 191 Å². The third kappa shape index (κ3) is 4.91. The summed E-state index contributed by atoms with van der Waals surface area (Å²) in [7, 11) is 0. The maximum Gasteiger partial charge on any atom is 0.251 e. The Balaban J connectivity index is 1.39. The highest BCUT2D eigenvalue weighted by Gasteiger charge is 2.32. The van der Waals surface area contributed by atoms with E-state index in [-0.39, 0.29) is 17.7 Å². The van der Waals surface area contributed by atoms with Crippen LogP contribution in [-0.2, 0) is 4.79 Å². The number of piperidine rings is 1. The van der Waals surface area contributed by atoms with Crippen molar-refractivity contribution in [3.05, 3.63) is 64.1 Å². The van der Waals surface area contributed by atoms with Crippen molar-refractivity contribution in [1.82, 2.24) is 15.2 Å². The lowest BCUT2D eigenvalue weighted by Crippen LogP contribution is -2.52. The number of para-hydroxylation sites is 1. The fourth-order valence-corrected chi connectivity index (χ4v) is 5.21. The number of hydrogen-bond acceptors (Lipinski definition) is 4. The number of rotatable bonds is 5. The number of amides is 2. The Hall–Kier alpha value is -2.44. The Bertz CT molecular complexity index is 1040. The number of nitrogens with zero attached hydrogens (tertiary/aromatic N) is 2. The molecular formula is C24H26ClN3O2S. The van der Waals surface area contributed by atoms with Crippen LogP contribution in [0, 0.1) is 5.92 Å². The molecule has 4 rings (SSSR count). The second-order valence-electron chi connectivity index (χ2n) is 8.32. The van der Waals surface area contributed by atoms with Gasteiger partial charge < -0.3 is 10.2 Å². The van der Waals surface area contributed by atoms with Crippen LogP contribution in [0.2, 0.25) is 5.02 Å². The summed E-state index contributed by atoms with van der Waals surface area (Å²) in [6, 6.07) is 14.3. The van der Waals surface area contributed by atoms with Crippen LogP contribution in [0.15, 0.2) is 48.5 Å². The van der Waals surface area contributed by atoms with Crippen molar-refractivity contribution < 1.29 is 9.59 Å². The first-order valence-corrected chi connectivity index (χ1v) is 11.8. The van der Waals surface area contributed by atoms with Gasteiger partial charge in [0.05, 0.1) is 15.2 Å². The summed E-state index contributed by atoms with van der Waals surface area (Å²) in [4.78, 5) is 32.6. The number of carbonyl (C=O) groups excluding carboxylic acids is 2. The van der Waals surface area contributed by atoms with Gasteiger partial charge in [0.15, 0.2) is 0 Å². The number of nitrogens with one attached hydrogen (secondary N) is 1. The van der Waals surface area contributed by atoms with Gasteiger partial charge >= 0.3 is 0 Å². The van der Waals surface area contributed by atoms with Crippen LogP contribution < -0.4 is 5.32 Å². The SMILES string of the molecule is CC(C)C(NC(=O)c1ccc(Cl)cc1)C(=O)N1CCC(c2nc3ccccc3s2)CC1. The smallest absolute Gasteiger partial charge is 0.251 e. The average Bonchev–Trinajstić information content (AvgIpc) is 3.21. The minimum Gasteiger partial charge on any atom is -0.341 e. The van der Waals surface area contributed by atoms with Crippen molar-refractivity contribution >= 4 is 45.0 Å². The highest BCUT2D eigenvalue weighted by molar-refractivity contribution is 7.18. The molecule has 1 fully saturated rings. The average molecular weight is 456 g/mol. The van der Waals surface area contributed by atoms with Crippen LogP contribution in [0.25, 0.3) is 10.2 Å². The fraction of sp³-hybridized carbons (Fsp3) is 0.375. The predicted molar refractivity (Wildman–Crippen MR) is 126 cm³/mol. The number of fused-ring (bicyclic) bond motifs is 1. The molecule has 1 aliphatic rings. The van der Waals surface area contributed by atoms with E-state index < -0.39 is 6.04 Å². The first kappa shape index (κ1) is 21.8. The van der Waals surface area contributed by atoms with E-state index >= 15 is 0 Å². The maximum absolute atomic E-state index is 13.2. The van der Waals surface area contributed by atoms with Crippen molar-refractivity contribution in [2.75, 3.05) is 13.1 Å². The van der Waals surface area contributed by atoms with Crippen molar-refractivity contribution in [2.24, 2.45) is 5.92 Å². The highest BCUT2D eigenvalue weighted by Crippen LogP contribution is 2.34. The lowest BCUT2D eigenvalue weighted by molar-refractivity contribution is -0.135. The van der Waals surface area contributed by atoms with Gasteiger partial charge in [-0.15, -0.1) is 11.3 Å². The minimum absolute atomic E-state index is 0.00858. The second kappa shape index (κ2) is 9.37. The number of carbonyl (C=O) groups is 2. The highest BCUT2D eigenvalue weighted by atomic mass is 35.5.